The topological polar surface area (TPSA) is 70.2 Å². The number of rotatable bonds is 5. The van der Waals surface area contributed by atoms with Gasteiger partial charge in [-0.15, -0.1) is 11.3 Å². The average molecular weight is 464 g/mol. The first-order chi connectivity index (χ1) is 15.0. The number of thiophene rings is 1. The third-order valence-electron chi connectivity index (χ3n) is 5.99. The van der Waals surface area contributed by atoms with Gasteiger partial charge in [0.2, 0.25) is 0 Å². The Balaban J connectivity index is 1.40. The van der Waals surface area contributed by atoms with Crippen LogP contribution in [0.2, 0.25) is 0 Å². The highest BCUT2D eigenvalue weighted by Crippen LogP contribution is 2.27. The minimum Gasteiger partial charge on any atom is -0.497 e. The first kappa shape index (κ1) is 22.1. The maximum Gasteiger partial charge on any atom is 0.254 e. The lowest BCUT2D eigenvalue weighted by atomic mass is 10.2. The highest BCUT2D eigenvalue weighted by molar-refractivity contribution is 7.91. The smallest absolute Gasteiger partial charge is 0.254 e. The Labute approximate surface area is 188 Å². The van der Waals surface area contributed by atoms with Gasteiger partial charge in [-0.1, -0.05) is 12.8 Å². The number of hydrogen-bond acceptors (Lipinski definition) is 6. The fraction of sp³-hybridized carbons (Fsp3) is 0.500. The second-order valence-corrected chi connectivity index (χ2v) is 11.0. The molecule has 2 fully saturated rings. The van der Waals surface area contributed by atoms with Crippen LogP contribution in [0.4, 0.5) is 5.69 Å². The van der Waals surface area contributed by atoms with E-state index in [0.29, 0.717) is 31.7 Å². The van der Waals surface area contributed by atoms with Crippen LogP contribution < -0.4 is 9.64 Å². The lowest BCUT2D eigenvalue weighted by Gasteiger charge is -2.35. The fourth-order valence-corrected chi connectivity index (χ4v) is 6.86. The lowest BCUT2D eigenvalue weighted by molar-refractivity contribution is 0.0762. The van der Waals surface area contributed by atoms with Crippen molar-refractivity contribution in [2.24, 2.45) is 0 Å². The van der Waals surface area contributed by atoms with Crippen molar-refractivity contribution in [3.05, 3.63) is 41.3 Å². The number of carbonyl (C=O) groups is 1. The van der Waals surface area contributed by atoms with Crippen LogP contribution in [0.25, 0.3) is 0 Å². The molecule has 168 valence electrons. The molecule has 1 aromatic carbocycles. The van der Waals surface area contributed by atoms with Gasteiger partial charge >= 0.3 is 0 Å². The quantitative estimate of drug-likeness (QED) is 0.681. The number of piperazine rings is 1. The van der Waals surface area contributed by atoms with Gasteiger partial charge in [0.1, 0.15) is 9.96 Å². The number of benzene rings is 1. The number of nitrogens with zero attached hydrogens (tertiary/aromatic N) is 3. The lowest BCUT2D eigenvalue weighted by Crippen LogP contribution is -2.48. The van der Waals surface area contributed by atoms with Crippen LogP contribution in [-0.2, 0) is 10.0 Å². The number of methoxy groups -OCH3 is 1. The fourth-order valence-electron chi connectivity index (χ4n) is 4.13. The number of ether oxygens (including phenoxy) is 1. The van der Waals surface area contributed by atoms with Crippen LogP contribution in [-0.4, -0.2) is 69.9 Å². The number of likely N-dealkylation sites (tertiary alicyclic amines) is 1. The van der Waals surface area contributed by atoms with E-state index in [1.54, 1.807) is 18.6 Å². The van der Waals surface area contributed by atoms with E-state index in [1.807, 2.05) is 29.2 Å². The van der Waals surface area contributed by atoms with Gasteiger partial charge in [-0.2, -0.15) is 4.31 Å². The largest absolute Gasteiger partial charge is 0.497 e. The van der Waals surface area contributed by atoms with E-state index in [1.165, 1.54) is 4.31 Å². The molecule has 7 nitrogen and oxygen atoms in total. The van der Waals surface area contributed by atoms with Gasteiger partial charge in [0, 0.05) is 50.3 Å². The van der Waals surface area contributed by atoms with Crippen LogP contribution in [0, 0.1) is 0 Å². The Kier molecular flexibility index (Phi) is 6.83. The second kappa shape index (κ2) is 9.58. The van der Waals surface area contributed by atoms with E-state index in [9.17, 15) is 13.2 Å². The molecule has 0 unspecified atom stereocenters. The summed E-state index contributed by atoms with van der Waals surface area (Å²) in [5, 5.41) is 1.69. The molecule has 1 aromatic heterocycles. The Hall–Kier alpha value is -2.10. The summed E-state index contributed by atoms with van der Waals surface area (Å²) in [6.45, 7) is 3.59. The molecule has 0 aliphatic carbocycles. The summed E-state index contributed by atoms with van der Waals surface area (Å²) in [5.74, 6) is 0.747. The summed E-state index contributed by atoms with van der Waals surface area (Å²) < 4.78 is 33.3. The van der Waals surface area contributed by atoms with E-state index in [4.69, 9.17) is 4.74 Å². The molecule has 0 spiro atoms. The predicted octanol–water partition coefficient (Wildman–Crippen LogP) is 3.28. The van der Waals surface area contributed by atoms with Crippen molar-refractivity contribution in [1.29, 1.82) is 0 Å². The summed E-state index contributed by atoms with van der Waals surface area (Å²) in [7, 11) is -1.96. The normalized spacial score (nSPS) is 18.6. The van der Waals surface area contributed by atoms with Gasteiger partial charge in [-0.25, -0.2) is 8.42 Å². The van der Waals surface area contributed by atoms with E-state index in [2.05, 4.69) is 4.90 Å². The Morgan fingerprint density at radius 2 is 1.58 bits per heavy atom. The van der Waals surface area contributed by atoms with Crippen LogP contribution >= 0.6 is 11.3 Å². The van der Waals surface area contributed by atoms with E-state index in [0.717, 1.165) is 61.5 Å². The minimum atomic E-state index is -3.59. The van der Waals surface area contributed by atoms with Crippen molar-refractivity contribution in [2.75, 3.05) is 51.3 Å². The highest BCUT2D eigenvalue weighted by atomic mass is 32.2. The van der Waals surface area contributed by atoms with Crippen LogP contribution in [0.15, 0.2) is 39.9 Å². The minimum absolute atomic E-state index is 0.0519. The maximum atomic E-state index is 13.2. The van der Waals surface area contributed by atoms with Gasteiger partial charge in [0.25, 0.3) is 15.9 Å². The molecule has 0 N–H and O–H groups in total. The molecule has 0 bridgehead atoms. The monoisotopic (exact) mass is 463 g/mol. The SMILES string of the molecule is COc1ccc(N2CCN(S(=O)(=O)c3cc(C(=O)N4CCCCCC4)cs3)CC2)cc1. The second-order valence-electron chi connectivity index (χ2n) is 7.95. The van der Waals surface area contributed by atoms with Crippen molar-refractivity contribution in [3.63, 3.8) is 0 Å². The van der Waals surface area contributed by atoms with Gasteiger partial charge in [0.15, 0.2) is 0 Å². The summed E-state index contributed by atoms with van der Waals surface area (Å²) in [4.78, 5) is 16.9. The van der Waals surface area contributed by atoms with E-state index < -0.39 is 10.0 Å². The zero-order chi connectivity index (χ0) is 21.8. The molecule has 2 aliphatic rings. The first-order valence-electron chi connectivity index (χ1n) is 10.8. The van der Waals surface area contributed by atoms with Crippen LogP contribution in [0.5, 0.6) is 5.75 Å². The first-order valence-corrected chi connectivity index (χ1v) is 13.1. The molecule has 1 amide bonds. The van der Waals surface area contributed by atoms with E-state index in [-0.39, 0.29) is 10.1 Å². The maximum absolute atomic E-state index is 13.2. The molecule has 2 aliphatic heterocycles. The summed E-state index contributed by atoms with van der Waals surface area (Å²) in [6.07, 6.45) is 4.32. The number of sulfonamides is 1. The molecule has 31 heavy (non-hydrogen) atoms. The highest BCUT2D eigenvalue weighted by Gasteiger charge is 2.31. The Bertz CT molecular complexity index is 988. The average Bonchev–Trinajstić information content (AvgIpc) is 3.16. The summed E-state index contributed by atoms with van der Waals surface area (Å²) in [5.41, 5.74) is 1.54. The zero-order valence-corrected chi connectivity index (χ0v) is 19.5. The van der Waals surface area contributed by atoms with Crippen molar-refractivity contribution >= 4 is 33.0 Å². The van der Waals surface area contributed by atoms with E-state index >= 15 is 0 Å². The molecule has 3 heterocycles. The zero-order valence-electron chi connectivity index (χ0n) is 17.8. The molecule has 0 saturated carbocycles. The van der Waals surface area contributed by atoms with Crippen molar-refractivity contribution in [3.8, 4) is 5.75 Å². The molecule has 2 aromatic rings. The molecular formula is C22H29N3O4S2. The number of amides is 1. The van der Waals surface area contributed by atoms with Gasteiger partial charge in [0.05, 0.1) is 12.7 Å². The van der Waals surface area contributed by atoms with Crippen LogP contribution in [0.1, 0.15) is 36.0 Å². The van der Waals surface area contributed by atoms with Gasteiger partial charge < -0.3 is 14.5 Å². The molecular weight excluding hydrogens is 434 g/mol. The number of hydrogen-bond donors (Lipinski definition) is 0. The third-order valence-corrected chi connectivity index (χ3v) is 9.30. The molecule has 9 heteroatoms. The van der Waals surface area contributed by atoms with Crippen molar-refractivity contribution in [2.45, 2.75) is 29.9 Å². The van der Waals surface area contributed by atoms with Gasteiger partial charge in [-0.3, -0.25) is 4.79 Å². The van der Waals surface area contributed by atoms with Crippen molar-refractivity contribution in [1.82, 2.24) is 9.21 Å². The predicted molar refractivity (Wildman–Crippen MR) is 123 cm³/mol. The molecule has 0 radical (unpaired) electrons. The standard InChI is InChI=1S/C22H29N3O4S2/c1-29-20-8-6-19(7-9-20)23-12-14-25(15-13-23)31(27,28)21-16-18(17-30-21)22(26)24-10-4-2-3-5-11-24/h6-9,16-17H,2-5,10-15H2,1H3. The Morgan fingerprint density at radius 1 is 0.935 bits per heavy atom. The molecule has 0 atom stereocenters. The number of carbonyl (C=O) groups excluding carboxylic acids is 1. The Morgan fingerprint density at radius 3 is 2.19 bits per heavy atom. The number of anilines is 1. The van der Waals surface area contributed by atoms with Crippen molar-refractivity contribution < 1.29 is 17.9 Å². The molecule has 2 saturated heterocycles. The molecule has 4 rings (SSSR count). The summed E-state index contributed by atoms with van der Waals surface area (Å²) >= 11 is 1.14. The summed E-state index contributed by atoms with van der Waals surface area (Å²) in [6, 6.07) is 9.36. The third kappa shape index (κ3) is 4.88. The van der Waals surface area contributed by atoms with Crippen LogP contribution in [0.3, 0.4) is 0 Å². The van der Waals surface area contributed by atoms with Gasteiger partial charge in [-0.05, 0) is 43.2 Å².